The lowest BCUT2D eigenvalue weighted by Gasteiger charge is -2.08. The van der Waals surface area contributed by atoms with E-state index in [4.69, 9.17) is 23.7 Å². The molecule has 0 aromatic heterocycles. The van der Waals surface area contributed by atoms with Gasteiger partial charge in [-0.1, -0.05) is 44.9 Å². The molecule has 0 rings (SSSR count). The van der Waals surface area contributed by atoms with E-state index < -0.39 is 12.6 Å². The van der Waals surface area contributed by atoms with Gasteiger partial charge in [0, 0.05) is 6.61 Å². The second kappa shape index (κ2) is 24.6. The average Bonchev–Trinajstić information content (AvgIpc) is 2.73. The van der Waals surface area contributed by atoms with Gasteiger partial charge in [0.15, 0.2) is 0 Å². The number of unbranched alkanes of at least 4 members (excludes halogenated alkanes) is 8. The third kappa shape index (κ3) is 29.9. The van der Waals surface area contributed by atoms with E-state index in [9.17, 15) is 13.2 Å². The maximum atomic E-state index is 11.9. The molecule has 5 nitrogen and oxygen atoms in total. The molecular weight excluding hydrogens is 433 g/mol. The molecule has 0 aliphatic rings. The first-order valence-electron chi connectivity index (χ1n) is 11.6. The van der Waals surface area contributed by atoms with Gasteiger partial charge in [-0.2, -0.15) is 25.8 Å². The minimum atomic E-state index is -4.17. The van der Waals surface area contributed by atoms with Crippen molar-refractivity contribution < 1.29 is 36.9 Å². The van der Waals surface area contributed by atoms with Crippen molar-refractivity contribution in [3.63, 3.8) is 0 Å². The smallest absolute Gasteiger partial charge is 0.379 e. The van der Waals surface area contributed by atoms with E-state index in [1.165, 1.54) is 51.4 Å². The normalized spacial score (nSPS) is 12.0. The minimum absolute atomic E-state index is 0.149. The van der Waals surface area contributed by atoms with E-state index >= 15 is 0 Å². The number of hydrogen-bond donors (Lipinski definition) is 1. The largest absolute Gasteiger partial charge is 0.391 e. The molecule has 0 atom stereocenters. The van der Waals surface area contributed by atoms with Crippen molar-refractivity contribution in [1.82, 2.24) is 0 Å². The molecule has 0 radical (unpaired) electrons. The quantitative estimate of drug-likeness (QED) is 0.140. The highest BCUT2D eigenvalue weighted by atomic mass is 32.1. The molecule has 0 saturated heterocycles. The number of thiol groups is 1. The summed E-state index contributed by atoms with van der Waals surface area (Å²) in [6, 6.07) is 0. The summed E-state index contributed by atoms with van der Waals surface area (Å²) in [6.07, 6.45) is 6.43. The monoisotopic (exact) mass is 476 g/mol. The van der Waals surface area contributed by atoms with Gasteiger partial charge in [0.05, 0.1) is 65.9 Å². The van der Waals surface area contributed by atoms with Gasteiger partial charge in [0.2, 0.25) is 0 Å². The predicted octanol–water partition coefficient (Wildman–Crippen LogP) is 5.46. The fourth-order valence-electron chi connectivity index (χ4n) is 2.72. The van der Waals surface area contributed by atoms with Crippen molar-refractivity contribution >= 4 is 12.6 Å². The van der Waals surface area contributed by atoms with Gasteiger partial charge in [-0.05, 0) is 18.6 Å². The highest BCUT2D eigenvalue weighted by molar-refractivity contribution is 7.80. The maximum Gasteiger partial charge on any atom is 0.391 e. The Hall–Kier alpha value is -0.0600. The summed E-state index contributed by atoms with van der Waals surface area (Å²) in [4.78, 5) is 0. The molecule has 0 N–H and O–H groups in total. The van der Waals surface area contributed by atoms with Crippen molar-refractivity contribution in [1.29, 1.82) is 0 Å². The van der Waals surface area contributed by atoms with E-state index in [1.54, 1.807) is 0 Å². The van der Waals surface area contributed by atoms with Crippen LogP contribution in [0.2, 0.25) is 0 Å². The molecular formula is C22H43F3O5S. The van der Waals surface area contributed by atoms with Gasteiger partial charge in [-0.15, -0.1) is 0 Å². The zero-order chi connectivity index (χ0) is 22.9. The SMILES string of the molecule is FC(F)(F)CCOCCOCCOCCOCCOCCCCCCCCCCCS. The summed E-state index contributed by atoms with van der Waals surface area (Å²) in [6.45, 7) is 3.78. The van der Waals surface area contributed by atoms with Gasteiger partial charge >= 0.3 is 6.18 Å². The molecule has 0 bridgehead atoms. The molecule has 0 saturated carbocycles. The van der Waals surface area contributed by atoms with E-state index in [0.29, 0.717) is 39.6 Å². The van der Waals surface area contributed by atoms with E-state index in [-0.39, 0.29) is 19.8 Å². The van der Waals surface area contributed by atoms with Crippen LogP contribution in [0.5, 0.6) is 0 Å². The van der Waals surface area contributed by atoms with Gasteiger partial charge in [-0.25, -0.2) is 0 Å². The molecule has 0 unspecified atom stereocenters. The Morgan fingerprint density at radius 1 is 0.419 bits per heavy atom. The maximum absolute atomic E-state index is 11.9. The lowest BCUT2D eigenvalue weighted by atomic mass is 10.1. The molecule has 0 aromatic rings. The van der Waals surface area contributed by atoms with Crippen LogP contribution in [-0.2, 0) is 23.7 Å². The van der Waals surface area contributed by atoms with E-state index in [2.05, 4.69) is 12.6 Å². The summed E-state index contributed by atoms with van der Waals surface area (Å²) in [5.41, 5.74) is 0. The second-order valence-electron chi connectivity index (χ2n) is 7.33. The highest BCUT2D eigenvalue weighted by Gasteiger charge is 2.26. The minimum Gasteiger partial charge on any atom is -0.379 e. The number of halogens is 3. The Bertz CT molecular complexity index is 350. The molecule has 9 heteroatoms. The molecule has 0 spiro atoms. The molecule has 0 aliphatic heterocycles. The van der Waals surface area contributed by atoms with Crippen LogP contribution in [0.15, 0.2) is 0 Å². The van der Waals surface area contributed by atoms with Crippen LogP contribution in [-0.4, -0.2) is 78.0 Å². The molecule has 0 heterocycles. The first-order valence-corrected chi connectivity index (χ1v) is 12.3. The van der Waals surface area contributed by atoms with Crippen LogP contribution >= 0.6 is 12.6 Å². The van der Waals surface area contributed by atoms with Crippen molar-refractivity contribution in [3.8, 4) is 0 Å². The second-order valence-corrected chi connectivity index (χ2v) is 7.78. The first kappa shape index (κ1) is 30.9. The lowest BCUT2D eigenvalue weighted by molar-refractivity contribution is -0.146. The number of rotatable bonds is 25. The zero-order valence-corrected chi connectivity index (χ0v) is 19.9. The third-order valence-corrected chi connectivity index (χ3v) is 4.78. The molecule has 0 amide bonds. The number of alkyl halides is 3. The van der Waals surface area contributed by atoms with Crippen LogP contribution in [0.1, 0.15) is 64.2 Å². The lowest BCUT2D eigenvalue weighted by Crippen LogP contribution is -2.15. The zero-order valence-electron chi connectivity index (χ0n) is 19.0. The van der Waals surface area contributed by atoms with Crippen molar-refractivity contribution in [2.24, 2.45) is 0 Å². The topological polar surface area (TPSA) is 46.2 Å². The highest BCUT2D eigenvalue weighted by Crippen LogP contribution is 2.18. The summed E-state index contributed by atoms with van der Waals surface area (Å²) in [7, 11) is 0. The predicted molar refractivity (Wildman–Crippen MR) is 120 cm³/mol. The van der Waals surface area contributed by atoms with Crippen LogP contribution in [0.3, 0.4) is 0 Å². The van der Waals surface area contributed by atoms with Crippen LogP contribution in [0.25, 0.3) is 0 Å². The average molecular weight is 477 g/mol. The van der Waals surface area contributed by atoms with E-state index in [0.717, 1.165) is 18.8 Å². The third-order valence-electron chi connectivity index (χ3n) is 4.46. The van der Waals surface area contributed by atoms with Crippen molar-refractivity contribution in [3.05, 3.63) is 0 Å². The van der Waals surface area contributed by atoms with Gasteiger partial charge < -0.3 is 23.7 Å². The van der Waals surface area contributed by atoms with Crippen LogP contribution < -0.4 is 0 Å². The summed E-state index contributed by atoms with van der Waals surface area (Å²) in [5, 5.41) is 0. The molecule has 0 fully saturated rings. The Morgan fingerprint density at radius 3 is 1.13 bits per heavy atom. The summed E-state index contributed by atoms with van der Waals surface area (Å²) >= 11 is 4.22. The van der Waals surface area contributed by atoms with Crippen molar-refractivity contribution in [2.45, 2.75) is 70.4 Å². The van der Waals surface area contributed by atoms with Gasteiger partial charge in [0.25, 0.3) is 0 Å². The Balaban J connectivity index is 3.02. The fraction of sp³-hybridized carbons (Fsp3) is 1.00. The molecule has 0 aromatic carbocycles. The van der Waals surface area contributed by atoms with E-state index in [1.807, 2.05) is 0 Å². The standard InChI is InChI=1S/C22H43F3O5S/c23-22(24,25)10-12-27-14-16-29-18-20-30-19-17-28-15-13-26-11-8-6-4-2-1-3-5-7-9-21-31/h31H,1-21H2. The Kier molecular flexibility index (Phi) is 24.5. The van der Waals surface area contributed by atoms with Gasteiger partial charge in [-0.3, -0.25) is 0 Å². The Labute approximate surface area is 192 Å². The molecule has 0 aliphatic carbocycles. The van der Waals surface area contributed by atoms with Crippen LogP contribution in [0.4, 0.5) is 13.2 Å². The van der Waals surface area contributed by atoms with Gasteiger partial charge in [0.1, 0.15) is 0 Å². The summed E-state index contributed by atoms with van der Waals surface area (Å²) < 4.78 is 62.0. The molecule has 188 valence electrons. The van der Waals surface area contributed by atoms with Crippen LogP contribution in [0, 0.1) is 0 Å². The fourth-order valence-corrected chi connectivity index (χ4v) is 2.95. The number of hydrogen-bond acceptors (Lipinski definition) is 6. The van der Waals surface area contributed by atoms with Crippen molar-refractivity contribution in [2.75, 3.05) is 71.8 Å². The Morgan fingerprint density at radius 2 is 0.742 bits per heavy atom. The number of ether oxygens (including phenoxy) is 5. The first-order chi connectivity index (χ1) is 15.1. The summed E-state index contributed by atoms with van der Waals surface area (Å²) in [5.74, 6) is 1.01. The molecule has 31 heavy (non-hydrogen) atoms.